The number of hydrogen-bond acceptors (Lipinski definition) is 5. The standard InChI is InChI=1S/C12H27NO4/c1-10(2)17-8-7-15-5-6-16-9-12(13-4)11(3)14/h10-14H,5-9H2,1-4H3. The maximum absolute atomic E-state index is 9.35. The molecule has 0 rings (SSSR count). The van der Waals surface area contributed by atoms with Crippen molar-refractivity contribution in [2.75, 3.05) is 40.1 Å². The first-order valence-corrected chi connectivity index (χ1v) is 6.20. The van der Waals surface area contributed by atoms with Crippen LogP contribution in [0.25, 0.3) is 0 Å². The number of aliphatic hydroxyl groups is 1. The van der Waals surface area contributed by atoms with Crippen LogP contribution in [0.15, 0.2) is 0 Å². The van der Waals surface area contributed by atoms with Crippen molar-refractivity contribution >= 4 is 0 Å². The van der Waals surface area contributed by atoms with Gasteiger partial charge < -0.3 is 24.6 Å². The normalized spacial score (nSPS) is 15.2. The van der Waals surface area contributed by atoms with Crippen molar-refractivity contribution in [3.8, 4) is 0 Å². The smallest absolute Gasteiger partial charge is 0.0703 e. The summed E-state index contributed by atoms with van der Waals surface area (Å²) in [4.78, 5) is 0. The summed E-state index contributed by atoms with van der Waals surface area (Å²) in [7, 11) is 1.81. The summed E-state index contributed by atoms with van der Waals surface area (Å²) in [6, 6.07) is -0.0284. The van der Waals surface area contributed by atoms with Crippen LogP contribution < -0.4 is 5.32 Å². The second kappa shape index (κ2) is 10.9. The molecule has 0 aromatic carbocycles. The second-order valence-electron chi connectivity index (χ2n) is 4.24. The highest BCUT2D eigenvalue weighted by molar-refractivity contribution is 4.69. The minimum atomic E-state index is -0.416. The zero-order chi connectivity index (χ0) is 13.1. The molecular weight excluding hydrogens is 222 g/mol. The van der Waals surface area contributed by atoms with E-state index >= 15 is 0 Å². The van der Waals surface area contributed by atoms with Gasteiger partial charge in [-0.05, 0) is 27.8 Å². The van der Waals surface area contributed by atoms with Gasteiger partial charge >= 0.3 is 0 Å². The third-order valence-electron chi connectivity index (χ3n) is 2.30. The minimum absolute atomic E-state index is 0.0284. The molecule has 0 aliphatic heterocycles. The van der Waals surface area contributed by atoms with Gasteiger partial charge in [-0.1, -0.05) is 0 Å². The van der Waals surface area contributed by atoms with Gasteiger partial charge in [-0.3, -0.25) is 0 Å². The van der Waals surface area contributed by atoms with E-state index in [1.165, 1.54) is 0 Å². The van der Waals surface area contributed by atoms with Gasteiger partial charge in [-0.15, -0.1) is 0 Å². The molecule has 0 aromatic heterocycles. The molecule has 0 radical (unpaired) electrons. The highest BCUT2D eigenvalue weighted by Gasteiger charge is 2.11. The maximum Gasteiger partial charge on any atom is 0.0703 e. The molecule has 0 fully saturated rings. The predicted octanol–water partition coefficient (Wildman–Crippen LogP) is 0.413. The molecule has 17 heavy (non-hydrogen) atoms. The van der Waals surface area contributed by atoms with Gasteiger partial charge in [0, 0.05) is 0 Å². The maximum atomic E-state index is 9.35. The third kappa shape index (κ3) is 10.7. The second-order valence-corrected chi connectivity index (χ2v) is 4.24. The lowest BCUT2D eigenvalue weighted by atomic mass is 10.2. The molecule has 0 bridgehead atoms. The monoisotopic (exact) mass is 249 g/mol. The summed E-state index contributed by atoms with van der Waals surface area (Å²) in [5, 5.41) is 12.3. The van der Waals surface area contributed by atoms with Crippen molar-refractivity contribution in [1.29, 1.82) is 0 Å². The van der Waals surface area contributed by atoms with Crippen LogP contribution >= 0.6 is 0 Å². The largest absolute Gasteiger partial charge is 0.392 e. The van der Waals surface area contributed by atoms with Crippen LogP contribution in [-0.2, 0) is 14.2 Å². The van der Waals surface area contributed by atoms with Gasteiger partial charge in [-0.25, -0.2) is 0 Å². The van der Waals surface area contributed by atoms with Crippen molar-refractivity contribution in [3.63, 3.8) is 0 Å². The average molecular weight is 249 g/mol. The number of likely N-dealkylation sites (N-methyl/N-ethyl adjacent to an activating group) is 1. The van der Waals surface area contributed by atoms with Crippen LogP contribution in [0.1, 0.15) is 20.8 Å². The first-order valence-electron chi connectivity index (χ1n) is 6.20. The lowest BCUT2D eigenvalue weighted by Gasteiger charge is -2.18. The summed E-state index contributed by atoms with van der Waals surface area (Å²) in [5.41, 5.74) is 0. The summed E-state index contributed by atoms with van der Waals surface area (Å²) >= 11 is 0. The summed E-state index contributed by atoms with van der Waals surface area (Å²) in [5.74, 6) is 0. The van der Waals surface area contributed by atoms with E-state index in [1.807, 2.05) is 13.8 Å². The Balaban J connectivity index is 3.23. The molecule has 2 unspecified atom stereocenters. The SMILES string of the molecule is CNC(COCCOCCOC(C)C)C(C)O. The highest BCUT2D eigenvalue weighted by Crippen LogP contribution is 1.93. The molecule has 0 spiro atoms. The van der Waals surface area contributed by atoms with Crippen LogP contribution in [0.5, 0.6) is 0 Å². The van der Waals surface area contributed by atoms with Crippen molar-refractivity contribution in [2.45, 2.75) is 39.0 Å². The van der Waals surface area contributed by atoms with Gasteiger partial charge in [0.05, 0.1) is 51.3 Å². The topological polar surface area (TPSA) is 60.0 Å². The highest BCUT2D eigenvalue weighted by atomic mass is 16.5. The fourth-order valence-corrected chi connectivity index (χ4v) is 1.24. The Kier molecular flexibility index (Phi) is 10.8. The number of hydrogen-bond donors (Lipinski definition) is 2. The molecule has 5 heteroatoms. The van der Waals surface area contributed by atoms with E-state index in [4.69, 9.17) is 14.2 Å². The fraction of sp³-hybridized carbons (Fsp3) is 1.00. The Morgan fingerprint density at radius 3 is 2.12 bits per heavy atom. The summed E-state index contributed by atoms with van der Waals surface area (Å²) in [6.07, 6.45) is -0.169. The lowest BCUT2D eigenvalue weighted by Crippen LogP contribution is -2.40. The van der Waals surface area contributed by atoms with Crippen LogP contribution in [0, 0.1) is 0 Å². The lowest BCUT2D eigenvalue weighted by molar-refractivity contribution is -0.00975. The van der Waals surface area contributed by atoms with E-state index in [0.29, 0.717) is 33.0 Å². The molecule has 5 nitrogen and oxygen atoms in total. The predicted molar refractivity (Wildman–Crippen MR) is 67.3 cm³/mol. The Bertz CT molecular complexity index is 165. The van der Waals surface area contributed by atoms with Crippen LogP contribution in [0.3, 0.4) is 0 Å². The molecule has 0 saturated carbocycles. The van der Waals surface area contributed by atoms with Gasteiger partial charge in [0.1, 0.15) is 0 Å². The van der Waals surface area contributed by atoms with E-state index in [0.717, 1.165) is 0 Å². The minimum Gasteiger partial charge on any atom is -0.392 e. The molecule has 2 atom stereocenters. The fourth-order valence-electron chi connectivity index (χ4n) is 1.24. The van der Waals surface area contributed by atoms with Gasteiger partial charge in [0.15, 0.2) is 0 Å². The molecule has 0 amide bonds. The average Bonchev–Trinajstić information content (AvgIpc) is 2.26. The molecule has 104 valence electrons. The van der Waals surface area contributed by atoms with E-state index in [2.05, 4.69) is 5.32 Å². The molecule has 0 aliphatic rings. The molecule has 0 aliphatic carbocycles. The first-order chi connectivity index (χ1) is 8.07. The van der Waals surface area contributed by atoms with E-state index in [9.17, 15) is 5.11 Å². The Hall–Kier alpha value is -0.200. The summed E-state index contributed by atoms with van der Waals surface area (Å²) < 4.78 is 16.0. The van der Waals surface area contributed by atoms with Crippen LogP contribution in [0.2, 0.25) is 0 Å². The number of ether oxygens (including phenoxy) is 3. The molecular formula is C12H27NO4. The van der Waals surface area contributed by atoms with Gasteiger partial charge in [0.25, 0.3) is 0 Å². The van der Waals surface area contributed by atoms with Gasteiger partial charge in [0.2, 0.25) is 0 Å². The van der Waals surface area contributed by atoms with E-state index in [-0.39, 0.29) is 12.1 Å². The Morgan fingerprint density at radius 1 is 1.00 bits per heavy atom. The zero-order valence-electron chi connectivity index (χ0n) is 11.4. The van der Waals surface area contributed by atoms with E-state index < -0.39 is 6.10 Å². The Morgan fingerprint density at radius 2 is 1.59 bits per heavy atom. The summed E-state index contributed by atoms with van der Waals surface area (Å²) in [6.45, 7) is 8.51. The Labute approximate surface area is 104 Å². The van der Waals surface area contributed by atoms with Crippen molar-refractivity contribution in [1.82, 2.24) is 5.32 Å². The number of rotatable bonds is 11. The van der Waals surface area contributed by atoms with Crippen LogP contribution in [0.4, 0.5) is 0 Å². The molecule has 0 saturated heterocycles. The van der Waals surface area contributed by atoms with Crippen molar-refractivity contribution < 1.29 is 19.3 Å². The van der Waals surface area contributed by atoms with Crippen molar-refractivity contribution in [3.05, 3.63) is 0 Å². The molecule has 0 heterocycles. The number of aliphatic hydroxyl groups excluding tert-OH is 1. The van der Waals surface area contributed by atoms with Gasteiger partial charge in [-0.2, -0.15) is 0 Å². The first kappa shape index (κ1) is 16.8. The van der Waals surface area contributed by atoms with Crippen molar-refractivity contribution in [2.24, 2.45) is 0 Å². The van der Waals surface area contributed by atoms with Crippen LogP contribution in [-0.4, -0.2) is 63.4 Å². The third-order valence-corrected chi connectivity index (χ3v) is 2.30. The zero-order valence-corrected chi connectivity index (χ0v) is 11.4. The number of nitrogens with one attached hydrogen (secondary N) is 1. The van der Waals surface area contributed by atoms with E-state index in [1.54, 1.807) is 14.0 Å². The quantitative estimate of drug-likeness (QED) is 0.520. The molecule has 2 N–H and O–H groups in total. The molecule has 0 aromatic rings.